The average Bonchev–Trinajstić information content (AvgIpc) is 2.94. The number of benzene rings is 2. The molecular weight excluding hydrogens is 312 g/mol. The van der Waals surface area contributed by atoms with E-state index in [1.165, 1.54) is 11.8 Å². The van der Waals surface area contributed by atoms with Gasteiger partial charge < -0.3 is 0 Å². The van der Waals surface area contributed by atoms with Crippen LogP contribution < -0.4 is 0 Å². The number of fused-ring (bicyclic) bond motifs is 2. The minimum Gasteiger partial charge on any atom is -0.288 e. The van der Waals surface area contributed by atoms with Crippen molar-refractivity contribution in [2.24, 2.45) is 0 Å². The maximum Gasteiger partial charge on any atom is 0.202 e. The molecule has 0 bridgehead atoms. The maximum atomic E-state index is 12.9. The number of Topliss-reactive ketones (excluding diaryl/α,β-unsaturated/α-hetero) is 2. The summed E-state index contributed by atoms with van der Waals surface area (Å²) in [5.41, 5.74) is 1.48. The molecule has 2 heterocycles. The molecule has 4 rings (SSSR count). The van der Waals surface area contributed by atoms with Crippen molar-refractivity contribution in [2.45, 2.75) is 9.79 Å². The van der Waals surface area contributed by atoms with E-state index in [2.05, 4.69) is 12.5 Å². The lowest BCUT2D eigenvalue weighted by atomic mass is 10.1. The quantitative estimate of drug-likeness (QED) is 0.668. The molecule has 0 saturated carbocycles. The van der Waals surface area contributed by atoms with Crippen molar-refractivity contribution in [1.29, 1.82) is 0 Å². The van der Waals surface area contributed by atoms with Gasteiger partial charge in [0, 0.05) is 20.9 Å². The van der Waals surface area contributed by atoms with Crippen LogP contribution in [0.4, 0.5) is 0 Å². The van der Waals surface area contributed by atoms with Crippen LogP contribution >= 0.6 is 21.8 Å². The molecule has 2 aliphatic rings. The van der Waals surface area contributed by atoms with Gasteiger partial charge in [0.15, 0.2) is 0 Å². The van der Waals surface area contributed by atoms with Gasteiger partial charge in [0.1, 0.15) is 0 Å². The summed E-state index contributed by atoms with van der Waals surface area (Å²) < 4.78 is 0. The highest BCUT2D eigenvalue weighted by atomic mass is 32.3. The van der Waals surface area contributed by atoms with Gasteiger partial charge in [-0.2, -0.15) is 10.0 Å². The Morgan fingerprint density at radius 3 is 2.14 bits per heavy atom. The second-order valence-electron chi connectivity index (χ2n) is 5.74. The fourth-order valence-corrected chi connectivity index (χ4v) is 7.32. The molecule has 2 nitrogen and oxygen atoms in total. The van der Waals surface area contributed by atoms with Gasteiger partial charge >= 0.3 is 0 Å². The Labute approximate surface area is 134 Å². The van der Waals surface area contributed by atoms with Crippen LogP contribution in [0.25, 0.3) is 0 Å². The highest BCUT2D eigenvalue weighted by Crippen LogP contribution is 2.66. The SMILES string of the molecule is CS1(C)/C(=C2\Sc3ccccc3C2=O)C(=O)c2ccccc21. The van der Waals surface area contributed by atoms with Crippen molar-refractivity contribution in [2.75, 3.05) is 12.5 Å². The van der Waals surface area contributed by atoms with Crippen molar-refractivity contribution >= 4 is 33.4 Å². The first kappa shape index (κ1) is 13.9. The van der Waals surface area contributed by atoms with Crippen LogP contribution in [0.15, 0.2) is 68.1 Å². The fraction of sp³-hybridized carbons (Fsp3) is 0.111. The van der Waals surface area contributed by atoms with E-state index in [4.69, 9.17) is 0 Å². The summed E-state index contributed by atoms with van der Waals surface area (Å²) in [6.07, 6.45) is 4.21. The van der Waals surface area contributed by atoms with Gasteiger partial charge in [-0.15, -0.1) is 0 Å². The molecule has 110 valence electrons. The average molecular weight is 326 g/mol. The van der Waals surface area contributed by atoms with E-state index in [9.17, 15) is 9.59 Å². The Bertz CT molecular complexity index is 878. The molecule has 2 aliphatic heterocycles. The summed E-state index contributed by atoms with van der Waals surface area (Å²) in [4.78, 5) is 29.0. The van der Waals surface area contributed by atoms with E-state index in [0.29, 0.717) is 10.5 Å². The number of hydrogen-bond donors (Lipinski definition) is 0. The first-order chi connectivity index (χ1) is 10.5. The van der Waals surface area contributed by atoms with Crippen molar-refractivity contribution in [3.8, 4) is 0 Å². The molecule has 2 aromatic rings. The highest BCUT2D eigenvalue weighted by molar-refractivity contribution is 8.37. The summed E-state index contributed by atoms with van der Waals surface area (Å²) in [6, 6.07) is 15.3. The molecule has 0 amide bonds. The second-order valence-corrected chi connectivity index (χ2v) is 10.3. The molecule has 0 unspecified atom stereocenters. The molecular formula is C18H14O2S2. The third-order valence-corrected chi connectivity index (χ3v) is 8.32. The predicted octanol–water partition coefficient (Wildman–Crippen LogP) is 4.51. The number of rotatable bonds is 0. The third-order valence-electron chi connectivity index (χ3n) is 4.15. The zero-order valence-electron chi connectivity index (χ0n) is 12.3. The first-order valence-electron chi connectivity index (χ1n) is 6.95. The van der Waals surface area contributed by atoms with Crippen molar-refractivity contribution < 1.29 is 9.59 Å². The lowest BCUT2D eigenvalue weighted by Crippen LogP contribution is -2.06. The number of thioether (sulfide) groups is 1. The zero-order chi connectivity index (χ0) is 15.5. The molecule has 0 N–H and O–H groups in total. The van der Waals surface area contributed by atoms with Crippen LogP contribution in [0.2, 0.25) is 0 Å². The second kappa shape index (κ2) is 4.61. The van der Waals surface area contributed by atoms with Crippen molar-refractivity contribution in [3.05, 3.63) is 69.5 Å². The predicted molar refractivity (Wildman–Crippen MR) is 92.1 cm³/mol. The molecule has 0 atom stereocenters. The molecule has 0 saturated heterocycles. The first-order valence-corrected chi connectivity index (χ1v) is 10.2. The Hall–Kier alpha value is -1.78. The van der Waals surface area contributed by atoms with Gasteiger partial charge in [0.2, 0.25) is 11.6 Å². The molecule has 2 aromatic carbocycles. The number of hydrogen-bond acceptors (Lipinski definition) is 3. The standard InChI is InChI=1S/C18H14O2S2/c1-22(2)14-10-6-4-8-12(14)16(20)18(22)17-15(19)11-7-3-5-9-13(11)21-17/h3-10H,1-2H3/b18-17-. The van der Waals surface area contributed by atoms with E-state index >= 15 is 0 Å². The maximum absolute atomic E-state index is 12.9. The number of carbonyl (C=O) groups excluding carboxylic acids is 2. The molecule has 22 heavy (non-hydrogen) atoms. The van der Waals surface area contributed by atoms with Crippen LogP contribution in [-0.2, 0) is 0 Å². The van der Waals surface area contributed by atoms with Gasteiger partial charge in [0.05, 0.1) is 9.81 Å². The van der Waals surface area contributed by atoms with E-state index in [-0.39, 0.29) is 11.6 Å². The van der Waals surface area contributed by atoms with Crippen LogP contribution in [0.5, 0.6) is 0 Å². The van der Waals surface area contributed by atoms with E-state index in [1.807, 2.05) is 48.5 Å². The monoisotopic (exact) mass is 326 g/mol. The zero-order valence-corrected chi connectivity index (χ0v) is 13.9. The van der Waals surface area contributed by atoms with Gasteiger partial charge in [0.25, 0.3) is 0 Å². The Balaban J connectivity index is 1.96. The molecule has 0 aliphatic carbocycles. The van der Waals surface area contributed by atoms with Gasteiger partial charge in [-0.25, -0.2) is 0 Å². The molecule has 0 radical (unpaired) electrons. The summed E-state index contributed by atoms with van der Waals surface area (Å²) >= 11 is 1.45. The smallest absolute Gasteiger partial charge is 0.202 e. The number of allylic oxidation sites excluding steroid dienone is 2. The molecule has 0 aromatic heterocycles. The minimum absolute atomic E-state index is 0.00247. The van der Waals surface area contributed by atoms with E-state index in [1.54, 1.807) is 0 Å². The van der Waals surface area contributed by atoms with Crippen LogP contribution in [0, 0.1) is 0 Å². The molecule has 4 heteroatoms. The lowest BCUT2D eigenvalue weighted by Gasteiger charge is -2.28. The van der Waals surface area contributed by atoms with Crippen molar-refractivity contribution in [1.82, 2.24) is 0 Å². The van der Waals surface area contributed by atoms with Crippen LogP contribution in [0.3, 0.4) is 0 Å². The Morgan fingerprint density at radius 1 is 0.818 bits per heavy atom. The highest BCUT2D eigenvalue weighted by Gasteiger charge is 2.43. The normalized spacial score (nSPS) is 23.4. The molecule has 0 spiro atoms. The Morgan fingerprint density at radius 2 is 1.45 bits per heavy atom. The topological polar surface area (TPSA) is 34.1 Å². The molecule has 0 fully saturated rings. The van der Waals surface area contributed by atoms with E-state index < -0.39 is 10.0 Å². The summed E-state index contributed by atoms with van der Waals surface area (Å²) in [7, 11) is -1.44. The Kier molecular flexibility index (Phi) is 2.90. The van der Waals surface area contributed by atoms with Gasteiger partial charge in [-0.1, -0.05) is 36.0 Å². The van der Waals surface area contributed by atoms with Crippen LogP contribution in [-0.4, -0.2) is 24.1 Å². The van der Waals surface area contributed by atoms with Crippen molar-refractivity contribution in [3.63, 3.8) is 0 Å². The van der Waals surface area contributed by atoms with Gasteiger partial charge in [-0.05, 0) is 36.8 Å². The number of carbonyl (C=O) groups is 2. The minimum atomic E-state index is -1.44. The van der Waals surface area contributed by atoms with Gasteiger partial charge in [-0.3, -0.25) is 9.59 Å². The summed E-state index contributed by atoms with van der Waals surface area (Å²) in [6.45, 7) is 0. The summed E-state index contributed by atoms with van der Waals surface area (Å²) in [5.74, 6) is 0.0246. The summed E-state index contributed by atoms with van der Waals surface area (Å²) in [5, 5.41) is 0. The fourth-order valence-electron chi connectivity index (χ4n) is 3.07. The largest absolute Gasteiger partial charge is 0.288 e. The lowest BCUT2D eigenvalue weighted by molar-refractivity contribution is 0.101. The third kappa shape index (κ3) is 1.71. The number of ketones is 2. The van der Waals surface area contributed by atoms with E-state index in [0.717, 1.165) is 20.3 Å². The van der Waals surface area contributed by atoms with Crippen LogP contribution in [0.1, 0.15) is 20.7 Å².